The molecule has 2 aromatic heterocycles. The summed E-state index contributed by atoms with van der Waals surface area (Å²) in [6, 6.07) is 14.4. The van der Waals surface area contributed by atoms with E-state index >= 15 is 0 Å². The highest BCUT2D eigenvalue weighted by atomic mass is 16.5. The molecular formula is C28H28N8O4. The van der Waals surface area contributed by atoms with Crippen molar-refractivity contribution in [2.75, 3.05) is 44.2 Å². The van der Waals surface area contributed by atoms with Crippen LogP contribution in [0.2, 0.25) is 0 Å². The molecule has 2 aliphatic rings. The van der Waals surface area contributed by atoms with E-state index in [2.05, 4.69) is 25.2 Å². The summed E-state index contributed by atoms with van der Waals surface area (Å²) < 4.78 is 7.19. The van der Waals surface area contributed by atoms with E-state index in [1.807, 2.05) is 36.1 Å². The molecule has 1 fully saturated rings. The van der Waals surface area contributed by atoms with Crippen molar-refractivity contribution in [1.82, 2.24) is 34.8 Å². The van der Waals surface area contributed by atoms with Crippen molar-refractivity contribution < 1.29 is 19.1 Å². The minimum atomic E-state index is -0.294. The van der Waals surface area contributed by atoms with Crippen LogP contribution < -0.4 is 9.64 Å². The third-order valence-electron chi connectivity index (χ3n) is 7.19. The Hall–Kier alpha value is -4.87. The molecule has 3 amide bonds. The Morgan fingerprint density at radius 3 is 2.30 bits per heavy atom. The standard InChI is InChI=1S/C28H28N8O4/c1-2-40-20-11-9-19(10-12-20)36-26-24(31-32-36)25(29-18-30-26)34-16-14-33(15-17-34)23(37)8-5-13-35-27(38)21-6-3-4-7-22(21)28(35)39/h3-4,6-7,9-12,18H,2,5,8,13-17H2,1H3. The van der Waals surface area contributed by atoms with Gasteiger partial charge in [-0.25, -0.2) is 9.97 Å². The number of carbonyl (C=O) groups is 3. The molecule has 4 aromatic rings. The Labute approximate surface area is 230 Å². The zero-order chi connectivity index (χ0) is 27.6. The Morgan fingerprint density at radius 2 is 1.62 bits per heavy atom. The summed E-state index contributed by atoms with van der Waals surface area (Å²) in [5, 5.41) is 8.67. The Balaban J connectivity index is 1.05. The SMILES string of the molecule is CCOc1ccc(-n2nnc3c(N4CCN(C(=O)CCCN5C(=O)c6ccccc6C5=O)CC4)ncnc32)cc1. The van der Waals surface area contributed by atoms with E-state index in [-0.39, 0.29) is 30.7 Å². The smallest absolute Gasteiger partial charge is 0.261 e. The number of hydrogen-bond acceptors (Lipinski definition) is 9. The number of imide groups is 1. The van der Waals surface area contributed by atoms with Crippen molar-refractivity contribution in [2.45, 2.75) is 19.8 Å². The van der Waals surface area contributed by atoms with Gasteiger partial charge in [-0.15, -0.1) is 5.10 Å². The number of amides is 3. The summed E-state index contributed by atoms with van der Waals surface area (Å²) >= 11 is 0. The van der Waals surface area contributed by atoms with Gasteiger partial charge in [0.25, 0.3) is 11.8 Å². The highest BCUT2D eigenvalue weighted by molar-refractivity contribution is 6.21. The molecule has 0 aliphatic carbocycles. The number of nitrogens with zero attached hydrogens (tertiary/aromatic N) is 8. The molecule has 12 nitrogen and oxygen atoms in total. The number of carbonyl (C=O) groups excluding carboxylic acids is 3. The summed E-state index contributed by atoms with van der Waals surface area (Å²) in [5.41, 5.74) is 2.85. The minimum absolute atomic E-state index is 0.00513. The van der Waals surface area contributed by atoms with Gasteiger partial charge in [-0.1, -0.05) is 17.3 Å². The van der Waals surface area contributed by atoms with E-state index in [1.165, 1.54) is 11.2 Å². The summed E-state index contributed by atoms with van der Waals surface area (Å²) in [4.78, 5) is 52.0. The first-order valence-electron chi connectivity index (χ1n) is 13.3. The van der Waals surface area contributed by atoms with Crippen LogP contribution in [-0.2, 0) is 4.79 Å². The van der Waals surface area contributed by atoms with E-state index in [1.54, 1.807) is 28.9 Å². The summed E-state index contributed by atoms with van der Waals surface area (Å²) in [7, 11) is 0. The first-order chi connectivity index (χ1) is 19.5. The number of aromatic nitrogens is 5. The lowest BCUT2D eigenvalue weighted by Gasteiger charge is -2.35. The molecule has 4 heterocycles. The second kappa shape index (κ2) is 10.7. The van der Waals surface area contributed by atoms with Gasteiger partial charge < -0.3 is 14.5 Å². The van der Waals surface area contributed by atoms with Gasteiger partial charge in [0.2, 0.25) is 5.91 Å². The monoisotopic (exact) mass is 540 g/mol. The van der Waals surface area contributed by atoms with E-state index < -0.39 is 0 Å². The second-order valence-corrected chi connectivity index (χ2v) is 9.58. The second-order valence-electron chi connectivity index (χ2n) is 9.58. The normalized spacial score (nSPS) is 15.2. The summed E-state index contributed by atoms with van der Waals surface area (Å²) in [6.07, 6.45) is 2.19. The fraction of sp³-hybridized carbons (Fsp3) is 0.321. The van der Waals surface area contributed by atoms with E-state index in [0.717, 1.165) is 11.4 Å². The van der Waals surface area contributed by atoms with Gasteiger partial charge in [0.15, 0.2) is 17.0 Å². The Morgan fingerprint density at radius 1 is 0.925 bits per heavy atom. The van der Waals surface area contributed by atoms with Crippen LogP contribution in [0.3, 0.4) is 0 Å². The van der Waals surface area contributed by atoms with Crippen LogP contribution in [0.5, 0.6) is 5.75 Å². The van der Waals surface area contributed by atoms with Crippen molar-refractivity contribution >= 4 is 34.7 Å². The van der Waals surface area contributed by atoms with E-state index in [9.17, 15) is 14.4 Å². The molecular weight excluding hydrogens is 512 g/mol. The predicted molar refractivity (Wildman–Crippen MR) is 145 cm³/mol. The highest BCUT2D eigenvalue weighted by Crippen LogP contribution is 2.25. The van der Waals surface area contributed by atoms with Crippen molar-refractivity contribution in [3.05, 3.63) is 66.0 Å². The number of ether oxygens (including phenoxy) is 1. The van der Waals surface area contributed by atoms with Crippen molar-refractivity contribution in [1.29, 1.82) is 0 Å². The van der Waals surface area contributed by atoms with Gasteiger partial charge in [-0.3, -0.25) is 19.3 Å². The Kier molecular flexibility index (Phi) is 6.81. The Bertz CT molecular complexity index is 1540. The van der Waals surface area contributed by atoms with Crippen LogP contribution in [0, 0.1) is 0 Å². The summed E-state index contributed by atoms with van der Waals surface area (Å²) in [5.74, 6) is 0.877. The van der Waals surface area contributed by atoms with Gasteiger partial charge in [-0.2, -0.15) is 4.68 Å². The van der Waals surface area contributed by atoms with Crippen LogP contribution >= 0.6 is 0 Å². The number of anilines is 1. The molecule has 0 atom stereocenters. The molecule has 12 heteroatoms. The molecule has 2 aliphatic heterocycles. The molecule has 0 saturated carbocycles. The molecule has 0 radical (unpaired) electrons. The predicted octanol–water partition coefficient (Wildman–Crippen LogP) is 2.33. The van der Waals surface area contributed by atoms with Crippen LogP contribution in [-0.4, -0.2) is 91.8 Å². The van der Waals surface area contributed by atoms with Crippen LogP contribution in [0.25, 0.3) is 16.9 Å². The van der Waals surface area contributed by atoms with E-state index in [4.69, 9.17) is 4.74 Å². The molecule has 0 bridgehead atoms. The van der Waals surface area contributed by atoms with E-state index in [0.29, 0.717) is 67.3 Å². The average Bonchev–Trinajstić information content (AvgIpc) is 3.53. The molecule has 0 unspecified atom stereocenters. The topological polar surface area (TPSA) is 127 Å². The average molecular weight is 541 g/mol. The lowest BCUT2D eigenvalue weighted by atomic mass is 10.1. The zero-order valence-corrected chi connectivity index (χ0v) is 22.1. The number of hydrogen-bond donors (Lipinski definition) is 0. The number of benzene rings is 2. The lowest BCUT2D eigenvalue weighted by molar-refractivity contribution is -0.131. The van der Waals surface area contributed by atoms with Gasteiger partial charge >= 0.3 is 0 Å². The highest BCUT2D eigenvalue weighted by Gasteiger charge is 2.34. The molecule has 2 aromatic carbocycles. The summed E-state index contributed by atoms with van der Waals surface area (Å²) in [6.45, 7) is 5.00. The maximum Gasteiger partial charge on any atom is 0.261 e. The number of rotatable bonds is 8. The quantitative estimate of drug-likeness (QED) is 0.310. The van der Waals surface area contributed by atoms with Crippen molar-refractivity contribution in [3.8, 4) is 11.4 Å². The van der Waals surface area contributed by atoms with Crippen molar-refractivity contribution in [3.63, 3.8) is 0 Å². The van der Waals surface area contributed by atoms with Gasteiger partial charge in [0, 0.05) is 39.1 Å². The first kappa shape index (κ1) is 25.4. The fourth-order valence-corrected chi connectivity index (χ4v) is 5.15. The fourth-order valence-electron chi connectivity index (χ4n) is 5.15. The molecule has 40 heavy (non-hydrogen) atoms. The number of piperazine rings is 1. The first-order valence-corrected chi connectivity index (χ1v) is 13.3. The maximum atomic E-state index is 12.9. The van der Waals surface area contributed by atoms with Crippen LogP contribution in [0.1, 0.15) is 40.5 Å². The molecule has 204 valence electrons. The van der Waals surface area contributed by atoms with Gasteiger partial charge in [0.1, 0.15) is 12.1 Å². The van der Waals surface area contributed by atoms with Gasteiger partial charge in [0.05, 0.1) is 23.4 Å². The van der Waals surface area contributed by atoms with Crippen LogP contribution in [0.15, 0.2) is 54.9 Å². The molecule has 1 saturated heterocycles. The van der Waals surface area contributed by atoms with Crippen LogP contribution in [0.4, 0.5) is 5.82 Å². The van der Waals surface area contributed by atoms with Gasteiger partial charge in [-0.05, 0) is 49.7 Å². The number of fused-ring (bicyclic) bond motifs is 2. The van der Waals surface area contributed by atoms with Crippen molar-refractivity contribution in [2.24, 2.45) is 0 Å². The zero-order valence-electron chi connectivity index (χ0n) is 22.1. The molecule has 0 spiro atoms. The molecule has 6 rings (SSSR count). The lowest BCUT2D eigenvalue weighted by Crippen LogP contribution is -2.49. The third-order valence-corrected chi connectivity index (χ3v) is 7.19. The maximum absolute atomic E-state index is 12.9. The third kappa shape index (κ3) is 4.61. The molecule has 0 N–H and O–H groups in total. The minimum Gasteiger partial charge on any atom is -0.494 e. The largest absolute Gasteiger partial charge is 0.494 e.